The Labute approximate surface area is 175 Å². The van der Waals surface area contributed by atoms with Gasteiger partial charge in [0.1, 0.15) is 0 Å². The Kier molecular flexibility index (Phi) is 5.52. The molecule has 0 radical (unpaired) electrons. The topological polar surface area (TPSA) is 64.0 Å². The Morgan fingerprint density at radius 2 is 1.43 bits per heavy atom. The Morgan fingerprint density at radius 3 is 2.03 bits per heavy atom. The normalized spacial score (nSPS) is 10.6. The molecule has 4 rings (SSSR count). The number of rotatable bonds is 5. The van der Waals surface area contributed by atoms with Gasteiger partial charge >= 0.3 is 0 Å². The third-order valence-electron chi connectivity index (χ3n) is 4.78. The molecule has 0 aliphatic rings. The van der Waals surface area contributed by atoms with Gasteiger partial charge in [0.25, 0.3) is 5.91 Å². The van der Waals surface area contributed by atoms with Crippen LogP contribution in [0.2, 0.25) is 0 Å². The van der Waals surface area contributed by atoms with Crippen LogP contribution in [0.25, 0.3) is 22.5 Å². The summed E-state index contributed by atoms with van der Waals surface area (Å²) in [5.41, 5.74) is 4.46. The zero-order valence-electron chi connectivity index (χ0n) is 16.6. The van der Waals surface area contributed by atoms with Gasteiger partial charge < -0.3 is 5.32 Å². The number of hydrogen-bond donors (Lipinski definition) is 1. The molecule has 1 N–H and O–H groups in total. The SMILES string of the molecule is CCC(=O)Nc1ccc(C(=O)n2nc(-c3ccccc3)cc2-c2ccccc2)cc1. The summed E-state index contributed by atoms with van der Waals surface area (Å²) in [6.45, 7) is 1.79. The van der Waals surface area contributed by atoms with E-state index in [2.05, 4.69) is 10.4 Å². The maximum Gasteiger partial charge on any atom is 0.278 e. The molecule has 1 heterocycles. The van der Waals surface area contributed by atoms with Crippen molar-refractivity contribution in [1.29, 1.82) is 0 Å². The monoisotopic (exact) mass is 395 g/mol. The highest BCUT2D eigenvalue weighted by Gasteiger charge is 2.18. The Morgan fingerprint density at radius 1 is 0.833 bits per heavy atom. The number of nitrogens with one attached hydrogen (secondary N) is 1. The molecule has 30 heavy (non-hydrogen) atoms. The van der Waals surface area contributed by atoms with Crippen molar-refractivity contribution in [2.75, 3.05) is 5.32 Å². The highest BCUT2D eigenvalue weighted by atomic mass is 16.2. The van der Waals surface area contributed by atoms with E-state index in [4.69, 9.17) is 0 Å². The van der Waals surface area contributed by atoms with Gasteiger partial charge in [0.05, 0.1) is 11.4 Å². The lowest BCUT2D eigenvalue weighted by atomic mass is 10.1. The summed E-state index contributed by atoms with van der Waals surface area (Å²) in [7, 11) is 0. The first-order chi connectivity index (χ1) is 14.7. The second kappa shape index (κ2) is 8.57. The molecule has 5 heteroatoms. The molecule has 0 aliphatic carbocycles. The highest BCUT2D eigenvalue weighted by Crippen LogP contribution is 2.27. The summed E-state index contributed by atoms with van der Waals surface area (Å²) in [5, 5.41) is 7.40. The molecule has 0 fully saturated rings. The van der Waals surface area contributed by atoms with Crippen LogP contribution in [0.1, 0.15) is 23.7 Å². The molecule has 148 valence electrons. The molecule has 1 amide bonds. The number of aromatic nitrogens is 2. The maximum atomic E-state index is 13.3. The van der Waals surface area contributed by atoms with Crippen LogP contribution in [-0.4, -0.2) is 21.6 Å². The van der Waals surface area contributed by atoms with Crippen LogP contribution in [-0.2, 0) is 4.79 Å². The zero-order chi connectivity index (χ0) is 20.9. The van der Waals surface area contributed by atoms with Crippen LogP contribution < -0.4 is 5.32 Å². The molecule has 3 aromatic carbocycles. The first-order valence-electron chi connectivity index (χ1n) is 9.81. The summed E-state index contributed by atoms with van der Waals surface area (Å²) < 4.78 is 1.44. The average molecular weight is 395 g/mol. The van der Waals surface area contributed by atoms with Gasteiger partial charge in [-0.05, 0) is 30.3 Å². The molecule has 1 aromatic heterocycles. The van der Waals surface area contributed by atoms with Gasteiger partial charge in [-0.2, -0.15) is 9.78 Å². The second-order valence-corrected chi connectivity index (χ2v) is 6.84. The number of anilines is 1. The van der Waals surface area contributed by atoms with Gasteiger partial charge in [0.15, 0.2) is 0 Å². The predicted molar refractivity (Wildman–Crippen MR) is 118 cm³/mol. The Bertz CT molecular complexity index is 1160. The first kappa shape index (κ1) is 19.3. The number of amides is 1. The fraction of sp³-hybridized carbons (Fsp3) is 0.0800. The summed E-state index contributed by atoms with van der Waals surface area (Å²) in [4.78, 5) is 24.9. The second-order valence-electron chi connectivity index (χ2n) is 6.84. The molecule has 4 aromatic rings. The molecule has 0 saturated carbocycles. The van der Waals surface area contributed by atoms with Crippen molar-refractivity contribution >= 4 is 17.5 Å². The molecule has 0 saturated heterocycles. The van der Waals surface area contributed by atoms with Crippen molar-refractivity contribution < 1.29 is 9.59 Å². The van der Waals surface area contributed by atoms with Gasteiger partial charge in [-0.1, -0.05) is 67.6 Å². The van der Waals surface area contributed by atoms with Gasteiger partial charge in [-0.25, -0.2) is 0 Å². The van der Waals surface area contributed by atoms with Crippen LogP contribution in [0.3, 0.4) is 0 Å². The van der Waals surface area contributed by atoms with Crippen molar-refractivity contribution in [3.05, 3.63) is 96.6 Å². The van der Waals surface area contributed by atoms with Crippen molar-refractivity contribution in [3.63, 3.8) is 0 Å². The molecular weight excluding hydrogens is 374 g/mol. The largest absolute Gasteiger partial charge is 0.326 e. The highest BCUT2D eigenvalue weighted by molar-refractivity contribution is 5.99. The summed E-state index contributed by atoms with van der Waals surface area (Å²) in [5.74, 6) is -0.301. The summed E-state index contributed by atoms with van der Waals surface area (Å²) in [6, 6.07) is 28.3. The van der Waals surface area contributed by atoms with E-state index < -0.39 is 0 Å². The van der Waals surface area contributed by atoms with Crippen LogP contribution >= 0.6 is 0 Å². The van der Waals surface area contributed by atoms with Crippen molar-refractivity contribution in [3.8, 4) is 22.5 Å². The Hall–Kier alpha value is -3.99. The van der Waals surface area contributed by atoms with Crippen molar-refractivity contribution in [2.24, 2.45) is 0 Å². The fourth-order valence-electron chi connectivity index (χ4n) is 3.17. The fourth-order valence-corrected chi connectivity index (χ4v) is 3.17. The van der Waals surface area contributed by atoms with Crippen LogP contribution in [0.15, 0.2) is 91.0 Å². The number of carbonyl (C=O) groups is 2. The molecule has 0 aliphatic heterocycles. The third kappa shape index (κ3) is 4.05. The molecule has 5 nitrogen and oxygen atoms in total. The van der Waals surface area contributed by atoms with E-state index in [1.165, 1.54) is 4.68 Å². The van der Waals surface area contributed by atoms with E-state index in [1.54, 1.807) is 31.2 Å². The van der Waals surface area contributed by atoms with Gasteiger partial charge in [-0.3, -0.25) is 9.59 Å². The number of benzene rings is 3. The molecular formula is C25H21N3O2. The summed E-state index contributed by atoms with van der Waals surface area (Å²) >= 11 is 0. The number of carbonyl (C=O) groups excluding carboxylic acids is 2. The van der Waals surface area contributed by atoms with E-state index in [-0.39, 0.29) is 11.8 Å². The molecule has 0 atom stereocenters. The minimum Gasteiger partial charge on any atom is -0.326 e. The number of nitrogens with zero attached hydrogens (tertiary/aromatic N) is 2. The third-order valence-corrected chi connectivity index (χ3v) is 4.78. The zero-order valence-corrected chi connectivity index (χ0v) is 16.6. The van der Waals surface area contributed by atoms with Crippen LogP contribution in [0, 0.1) is 0 Å². The van der Waals surface area contributed by atoms with Crippen LogP contribution in [0.4, 0.5) is 5.69 Å². The van der Waals surface area contributed by atoms with Gasteiger partial charge in [0.2, 0.25) is 5.91 Å². The molecule has 0 bridgehead atoms. The van der Waals surface area contributed by atoms with Gasteiger partial charge in [0, 0.05) is 28.8 Å². The van der Waals surface area contributed by atoms with Crippen molar-refractivity contribution in [1.82, 2.24) is 9.78 Å². The van der Waals surface area contributed by atoms with Gasteiger partial charge in [-0.15, -0.1) is 0 Å². The Balaban J connectivity index is 1.72. The van der Waals surface area contributed by atoms with Crippen LogP contribution in [0.5, 0.6) is 0 Å². The van der Waals surface area contributed by atoms with E-state index in [0.29, 0.717) is 17.7 Å². The average Bonchev–Trinajstić information content (AvgIpc) is 3.26. The van der Waals surface area contributed by atoms with E-state index in [1.807, 2.05) is 66.7 Å². The maximum absolute atomic E-state index is 13.3. The lowest BCUT2D eigenvalue weighted by Gasteiger charge is -2.08. The first-order valence-corrected chi connectivity index (χ1v) is 9.81. The molecule has 0 unspecified atom stereocenters. The standard InChI is InChI=1S/C25H21N3O2/c1-2-24(29)26-21-15-13-20(14-16-21)25(30)28-23(19-11-7-4-8-12-19)17-22(27-28)18-9-5-3-6-10-18/h3-17H,2H2,1H3,(H,26,29). The van der Waals surface area contributed by atoms with E-state index in [9.17, 15) is 9.59 Å². The smallest absolute Gasteiger partial charge is 0.278 e. The lowest BCUT2D eigenvalue weighted by molar-refractivity contribution is -0.115. The quantitative estimate of drug-likeness (QED) is 0.502. The minimum absolute atomic E-state index is 0.0694. The van der Waals surface area contributed by atoms with E-state index >= 15 is 0 Å². The summed E-state index contributed by atoms with van der Waals surface area (Å²) in [6.07, 6.45) is 0.399. The van der Waals surface area contributed by atoms with E-state index in [0.717, 1.165) is 22.5 Å². The predicted octanol–water partition coefficient (Wildman–Crippen LogP) is 5.25. The molecule has 0 spiro atoms. The number of hydrogen-bond acceptors (Lipinski definition) is 3. The minimum atomic E-state index is -0.232. The lowest BCUT2D eigenvalue weighted by Crippen LogP contribution is -2.15. The van der Waals surface area contributed by atoms with Crippen molar-refractivity contribution in [2.45, 2.75) is 13.3 Å².